The van der Waals surface area contributed by atoms with Gasteiger partial charge in [-0.05, 0) is 36.4 Å². The van der Waals surface area contributed by atoms with Gasteiger partial charge < -0.3 is 13.9 Å². The second-order valence-corrected chi connectivity index (χ2v) is 5.28. The Kier molecular flexibility index (Phi) is 4.16. The first-order valence-electron chi connectivity index (χ1n) is 7.24. The van der Waals surface area contributed by atoms with Crippen molar-refractivity contribution in [1.29, 1.82) is 5.41 Å². The first-order valence-corrected chi connectivity index (χ1v) is 7.24. The highest BCUT2D eigenvalue weighted by molar-refractivity contribution is 5.96. The molecule has 0 radical (unpaired) electrons. The van der Waals surface area contributed by atoms with Crippen molar-refractivity contribution in [3.05, 3.63) is 59.7 Å². The number of carbonyl (C=O) groups is 1. The quantitative estimate of drug-likeness (QED) is 0.731. The van der Waals surface area contributed by atoms with E-state index in [-0.39, 0.29) is 23.7 Å². The third-order valence-electron chi connectivity index (χ3n) is 3.81. The number of ketones is 1. The first kappa shape index (κ1) is 15.9. The van der Waals surface area contributed by atoms with Crippen LogP contribution in [0.2, 0.25) is 0 Å². The number of hydrogen-bond donors (Lipinski definition) is 1. The van der Waals surface area contributed by atoms with Gasteiger partial charge in [0.05, 0.1) is 17.6 Å². The van der Waals surface area contributed by atoms with E-state index in [9.17, 15) is 13.6 Å². The van der Waals surface area contributed by atoms with Crippen molar-refractivity contribution in [2.24, 2.45) is 7.05 Å². The highest BCUT2D eigenvalue weighted by Crippen LogP contribution is 2.16. The molecule has 1 heterocycles. The summed E-state index contributed by atoms with van der Waals surface area (Å²) in [7, 11) is 1.77. The number of ether oxygens (including phenoxy) is 1. The van der Waals surface area contributed by atoms with Crippen molar-refractivity contribution in [3.63, 3.8) is 0 Å². The van der Waals surface area contributed by atoms with Crippen molar-refractivity contribution < 1.29 is 18.3 Å². The fraction of sp³-hybridized carbons (Fsp3) is 0.176. The van der Waals surface area contributed by atoms with E-state index in [0.717, 1.165) is 11.0 Å². The van der Waals surface area contributed by atoms with Crippen LogP contribution in [0.5, 0.6) is 5.75 Å². The molecule has 1 aromatic heterocycles. The number of hydrogen-bond acceptors (Lipinski definition) is 3. The lowest BCUT2D eigenvalue weighted by atomic mass is 10.1. The van der Waals surface area contributed by atoms with Gasteiger partial charge in [0.25, 0.3) is 0 Å². The molecule has 0 bridgehead atoms. The second-order valence-electron chi connectivity index (χ2n) is 5.28. The number of Topliss-reactive ketones (excluding diaryl/α,β-unsaturated/α-hetero) is 1. The maximum absolute atomic E-state index is 12.5. The summed E-state index contributed by atoms with van der Waals surface area (Å²) in [5, 5.41) is 8.16. The van der Waals surface area contributed by atoms with Gasteiger partial charge in [0, 0.05) is 12.6 Å². The number of para-hydroxylation sites is 2. The molecule has 0 saturated carbocycles. The van der Waals surface area contributed by atoms with Crippen LogP contribution in [0.25, 0.3) is 11.0 Å². The topological polar surface area (TPSA) is 60.0 Å². The van der Waals surface area contributed by atoms with E-state index < -0.39 is 6.61 Å². The third kappa shape index (κ3) is 2.92. The molecule has 0 fully saturated rings. The maximum Gasteiger partial charge on any atom is 0.387 e. The number of aryl methyl sites for hydroxylation is 1. The Hall–Kier alpha value is -2.96. The fourth-order valence-electron chi connectivity index (χ4n) is 2.60. The summed E-state index contributed by atoms with van der Waals surface area (Å²) < 4.78 is 31.9. The van der Waals surface area contributed by atoms with E-state index >= 15 is 0 Å². The summed E-state index contributed by atoms with van der Waals surface area (Å²) in [6.45, 7) is -2.90. The van der Waals surface area contributed by atoms with Crippen molar-refractivity contribution >= 4 is 16.8 Å². The van der Waals surface area contributed by atoms with Crippen LogP contribution in [0.3, 0.4) is 0 Å². The van der Waals surface area contributed by atoms with Gasteiger partial charge in [-0.3, -0.25) is 10.2 Å². The normalized spacial score (nSPS) is 11.2. The summed E-state index contributed by atoms with van der Waals surface area (Å²) in [6.07, 6.45) is 0. The van der Waals surface area contributed by atoms with Crippen LogP contribution >= 0.6 is 0 Å². The molecule has 0 spiro atoms. The molecule has 3 aromatic rings. The zero-order valence-corrected chi connectivity index (χ0v) is 12.9. The summed E-state index contributed by atoms with van der Waals surface area (Å²) in [5.41, 5.74) is 2.23. The van der Waals surface area contributed by atoms with Crippen molar-refractivity contribution in [2.75, 3.05) is 0 Å². The average Bonchev–Trinajstić information content (AvgIpc) is 2.80. The molecule has 24 heavy (non-hydrogen) atoms. The molecule has 0 aliphatic carbocycles. The zero-order valence-electron chi connectivity index (χ0n) is 12.9. The number of alkyl halides is 2. The maximum atomic E-state index is 12.5. The number of halogens is 2. The van der Waals surface area contributed by atoms with Crippen LogP contribution in [0.15, 0.2) is 48.5 Å². The molecular formula is C17H15F2N3O2. The smallest absolute Gasteiger partial charge is 0.387 e. The standard InChI is InChI=1S/C17H15F2N3O2/c1-21-13-4-2-3-5-14(13)22(17(21)20)10-15(23)11-6-8-12(9-7-11)24-16(18)19/h2-9,16,20H,10H2,1H3. The number of carbonyl (C=O) groups excluding carboxylic acids is 1. The van der Waals surface area contributed by atoms with Crippen molar-refractivity contribution in [1.82, 2.24) is 9.13 Å². The van der Waals surface area contributed by atoms with Gasteiger partial charge in [-0.15, -0.1) is 0 Å². The Balaban J connectivity index is 1.88. The largest absolute Gasteiger partial charge is 0.435 e. The Morgan fingerprint density at radius 3 is 2.38 bits per heavy atom. The predicted molar refractivity (Wildman–Crippen MR) is 84.2 cm³/mol. The van der Waals surface area contributed by atoms with Crippen molar-refractivity contribution in [3.8, 4) is 5.75 Å². The number of nitrogens with one attached hydrogen (secondary N) is 1. The number of rotatable bonds is 5. The molecule has 0 unspecified atom stereocenters. The van der Waals surface area contributed by atoms with E-state index in [1.54, 1.807) is 16.2 Å². The minimum Gasteiger partial charge on any atom is -0.435 e. The van der Waals surface area contributed by atoms with Crippen LogP contribution in [0.1, 0.15) is 10.4 Å². The van der Waals surface area contributed by atoms with Crippen LogP contribution in [0, 0.1) is 5.41 Å². The summed E-state index contributed by atoms with van der Waals surface area (Å²) in [5.74, 6) is -0.214. The number of benzene rings is 2. The van der Waals surface area contributed by atoms with Gasteiger partial charge in [0.1, 0.15) is 5.75 Å². The Bertz CT molecular complexity index is 943. The molecule has 1 N–H and O–H groups in total. The van der Waals surface area contributed by atoms with E-state index in [1.807, 2.05) is 24.3 Å². The third-order valence-corrected chi connectivity index (χ3v) is 3.81. The monoisotopic (exact) mass is 331 g/mol. The Morgan fingerprint density at radius 2 is 1.75 bits per heavy atom. The molecular weight excluding hydrogens is 316 g/mol. The average molecular weight is 331 g/mol. The van der Waals surface area contributed by atoms with Crippen LogP contribution in [0.4, 0.5) is 8.78 Å². The molecule has 3 rings (SSSR count). The minimum absolute atomic E-state index is 0.000504. The lowest BCUT2D eigenvalue weighted by Gasteiger charge is -2.06. The SMILES string of the molecule is Cn1c(=N)n(CC(=O)c2ccc(OC(F)F)cc2)c2ccccc21. The molecule has 0 saturated heterocycles. The summed E-state index contributed by atoms with van der Waals surface area (Å²) >= 11 is 0. The Labute approximate surface area is 136 Å². The number of fused-ring (bicyclic) bond motifs is 1. The van der Waals surface area contributed by atoms with Gasteiger partial charge in [-0.1, -0.05) is 12.1 Å². The molecule has 0 aliphatic heterocycles. The lowest BCUT2D eigenvalue weighted by molar-refractivity contribution is -0.0498. The number of nitrogens with zero attached hydrogens (tertiary/aromatic N) is 2. The molecule has 124 valence electrons. The van der Waals surface area contributed by atoms with Gasteiger partial charge in [-0.25, -0.2) is 0 Å². The fourth-order valence-corrected chi connectivity index (χ4v) is 2.60. The highest BCUT2D eigenvalue weighted by Gasteiger charge is 2.13. The molecule has 5 nitrogen and oxygen atoms in total. The minimum atomic E-state index is -2.90. The highest BCUT2D eigenvalue weighted by atomic mass is 19.3. The number of imidazole rings is 1. The van der Waals surface area contributed by atoms with E-state index in [2.05, 4.69) is 4.74 Å². The molecule has 2 aromatic carbocycles. The van der Waals surface area contributed by atoms with Crippen molar-refractivity contribution in [2.45, 2.75) is 13.2 Å². The van der Waals surface area contributed by atoms with Crippen LogP contribution < -0.4 is 10.4 Å². The predicted octanol–water partition coefficient (Wildman–Crippen LogP) is 2.94. The first-order chi connectivity index (χ1) is 11.5. The van der Waals surface area contributed by atoms with E-state index in [0.29, 0.717) is 5.56 Å². The molecule has 0 atom stereocenters. The van der Waals surface area contributed by atoms with Gasteiger partial charge in [0.15, 0.2) is 5.78 Å². The van der Waals surface area contributed by atoms with Gasteiger partial charge in [0.2, 0.25) is 5.62 Å². The van der Waals surface area contributed by atoms with Crippen LogP contribution in [-0.4, -0.2) is 21.5 Å². The lowest BCUT2D eigenvalue weighted by Crippen LogP contribution is -2.25. The van der Waals surface area contributed by atoms with Gasteiger partial charge in [-0.2, -0.15) is 8.78 Å². The molecule has 0 amide bonds. The summed E-state index contributed by atoms with van der Waals surface area (Å²) in [4.78, 5) is 12.5. The van der Waals surface area contributed by atoms with Gasteiger partial charge >= 0.3 is 6.61 Å². The molecule has 7 heteroatoms. The van der Waals surface area contributed by atoms with E-state index in [1.165, 1.54) is 24.3 Å². The van der Waals surface area contributed by atoms with Crippen LogP contribution in [-0.2, 0) is 13.6 Å². The second kappa shape index (κ2) is 6.27. The zero-order chi connectivity index (χ0) is 17.3. The Morgan fingerprint density at radius 1 is 1.12 bits per heavy atom. The summed E-state index contributed by atoms with van der Waals surface area (Å²) in [6, 6.07) is 13.0. The number of aromatic nitrogens is 2. The van der Waals surface area contributed by atoms with E-state index in [4.69, 9.17) is 5.41 Å². The molecule has 0 aliphatic rings.